The van der Waals surface area contributed by atoms with Crippen LogP contribution in [0.25, 0.3) is 0 Å². The van der Waals surface area contributed by atoms with Gasteiger partial charge in [-0.25, -0.2) is 0 Å². The van der Waals surface area contributed by atoms with Crippen LogP contribution in [0.4, 0.5) is 0 Å². The van der Waals surface area contributed by atoms with E-state index in [4.69, 9.17) is 10.8 Å². The number of rotatable bonds is 4. The minimum Gasteiger partial charge on any atom is -0.392 e. The van der Waals surface area contributed by atoms with Gasteiger partial charge in [-0.05, 0) is 19.4 Å². The van der Waals surface area contributed by atoms with Crippen molar-refractivity contribution in [3.8, 4) is 0 Å². The second kappa shape index (κ2) is 4.81. The molecule has 0 amide bonds. The van der Waals surface area contributed by atoms with Gasteiger partial charge >= 0.3 is 0 Å². The van der Waals surface area contributed by atoms with Crippen molar-refractivity contribution in [2.24, 2.45) is 5.73 Å². The molecule has 0 aromatic rings. The molecule has 48 valence electrons. The minimum absolute atomic E-state index is 0.0972. The van der Waals surface area contributed by atoms with Crippen molar-refractivity contribution in [1.82, 2.24) is 0 Å². The lowest BCUT2D eigenvalue weighted by Crippen LogP contribution is -1.99. The molecule has 0 spiro atoms. The van der Waals surface area contributed by atoms with Crippen LogP contribution in [0.3, 0.4) is 0 Å². The van der Waals surface area contributed by atoms with Gasteiger partial charge in [0.25, 0.3) is 0 Å². The molecule has 0 aromatic heterocycles. The fraction of sp³-hybridized carbons (Fsp3) is 0.667. The summed E-state index contributed by atoms with van der Waals surface area (Å²) in [7, 11) is 0. The fourth-order valence-electron chi connectivity index (χ4n) is 0.431. The van der Waals surface area contributed by atoms with Gasteiger partial charge in [-0.2, -0.15) is 0 Å². The SMILES string of the molecule is C=C(CO)CCCN. The zero-order chi connectivity index (χ0) is 6.41. The zero-order valence-corrected chi connectivity index (χ0v) is 5.06. The van der Waals surface area contributed by atoms with E-state index in [1.165, 1.54) is 0 Å². The van der Waals surface area contributed by atoms with E-state index in [0.29, 0.717) is 6.54 Å². The van der Waals surface area contributed by atoms with Gasteiger partial charge in [0, 0.05) is 0 Å². The van der Waals surface area contributed by atoms with E-state index >= 15 is 0 Å². The van der Waals surface area contributed by atoms with Crippen molar-refractivity contribution in [3.05, 3.63) is 12.2 Å². The highest BCUT2D eigenvalue weighted by molar-refractivity contribution is 4.92. The van der Waals surface area contributed by atoms with Crippen LogP contribution >= 0.6 is 0 Å². The molecule has 0 saturated heterocycles. The van der Waals surface area contributed by atoms with Crippen LogP contribution in [0.2, 0.25) is 0 Å². The molecule has 0 unspecified atom stereocenters. The summed E-state index contributed by atoms with van der Waals surface area (Å²) in [5.41, 5.74) is 6.08. The van der Waals surface area contributed by atoms with Crippen LogP contribution in [-0.2, 0) is 0 Å². The summed E-state index contributed by atoms with van der Waals surface area (Å²) in [6.45, 7) is 4.38. The summed E-state index contributed by atoms with van der Waals surface area (Å²) in [4.78, 5) is 0. The third kappa shape index (κ3) is 3.84. The van der Waals surface area contributed by atoms with E-state index in [2.05, 4.69) is 6.58 Å². The summed E-state index contributed by atoms with van der Waals surface area (Å²) >= 11 is 0. The van der Waals surface area contributed by atoms with Crippen molar-refractivity contribution in [3.63, 3.8) is 0 Å². The van der Waals surface area contributed by atoms with Gasteiger partial charge in [-0.3, -0.25) is 0 Å². The normalized spacial score (nSPS) is 9.25. The highest BCUT2D eigenvalue weighted by atomic mass is 16.3. The lowest BCUT2D eigenvalue weighted by Gasteiger charge is -1.96. The zero-order valence-electron chi connectivity index (χ0n) is 5.06. The fourth-order valence-corrected chi connectivity index (χ4v) is 0.431. The van der Waals surface area contributed by atoms with Gasteiger partial charge < -0.3 is 10.8 Å². The molecule has 0 aliphatic carbocycles. The molecule has 0 bridgehead atoms. The molecule has 0 radical (unpaired) electrons. The molecule has 8 heavy (non-hydrogen) atoms. The van der Waals surface area contributed by atoms with E-state index in [-0.39, 0.29) is 6.61 Å². The van der Waals surface area contributed by atoms with Crippen LogP contribution in [0, 0.1) is 0 Å². The number of hydrogen-bond donors (Lipinski definition) is 2. The average molecular weight is 115 g/mol. The maximum absolute atomic E-state index is 8.42. The molecule has 0 atom stereocenters. The number of aliphatic hydroxyl groups is 1. The molecule has 0 heterocycles. The monoisotopic (exact) mass is 115 g/mol. The third-order valence-electron chi connectivity index (χ3n) is 0.958. The Bertz CT molecular complexity index is 70.9. The summed E-state index contributed by atoms with van der Waals surface area (Å²) in [5, 5.41) is 8.42. The maximum atomic E-state index is 8.42. The second-order valence-corrected chi connectivity index (χ2v) is 1.80. The predicted molar refractivity (Wildman–Crippen MR) is 34.5 cm³/mol. The van der Waals surface area contributed by atoms with Crippen molar-refractivity contribution >= 4 is 0 Å². The molecular formula is C6H13NO. The average Bonchev–Trinajstić information content (AvgIpc) is 1.83. The smallest absolute Gasteiger partial charge is 0.0639 e. The molecule has 0 aromatic carbocycles. The number of nitrogens with two attached hydrogens (primary N) is 1. The van der Waals surface area contributed by atoms with Crippen LogP contribution in [0.1, 0.15) is 12.8 Å². The molecule has 2 heteroatoms. The van der Waals surface area contributed by atoms with Gasteiger partial charge in [-0.1, -0.05) is 12.2 Å². The first kappa shape index (κ1) is 7.66. The van der Waals surface area contributed by atoms with Gasteiger partial charge in [0.05, 0.1) is 6.61 Å². The van der Waals surface area contributed by atoms with Crippen LogP contribution in [-0.4, -0.2) is 18.3 Å². The van der Waals surface area contributed by atoms with Crippen LogP contribution in [0.15, 0.2) is 12.2 Å². The molecule has 0 saturated carbocycles. The third-order valence-corrected chi connectivity index (χ3v) is 0.958. The summed E-state index contributed by atoms with van der Waals surface area (Å²) in [6, 6.07) is 0. The number of aliphatic hydroxyl groups excluding tert-OH is 1. The molecule has 2 nitrogen and oxygen atoms in total. The molecular weight excluding hydrogens is 102 g/mol. The summed E-state index contributed by atoms with van der Waals surface area (Å²) in [6.07, 6.45) is 1.78. The summed E-state index contributed by atoms with van der Waals surface area (Å²) in [5.74, 6) is 0. The van der Waals surface area contributed by atoms with Gasteiger partial charge in [0.15, 0.2) is 0 Å². The van der Waals surface area contributed by atoms with Crippen molar-refractivity contribution < 1.29 is 5.11 Å². The Morgan fingerprint density at radius 3 is 2.62 bits per heavy atom. The Labute approximate surface area is 50.0 Å². The Morgan fingerprint density at radius 2 is 2.25 bits per heavy atom. The molecule has 0 aliphatic heterocycles. The van der Waals surface area contributed by atoms with E-state index < -0.39 is 0 Å². The Balaban J connectivity index is 2.99. The highest BCUT2D eigenvalue weighted by Crippen LogP contribution is 1.97. The minimum atomic E-state index is 0.0972. The molecule has 3 N–H and O–H groups in total. The number of hydrogen-bond acceptors (Lipinski definition) is 2. The molecule has 0 fully saturated rings. The van der Waals surface area contributed by atoms with Crippen LogP contribution < -0.4 is 5.73 Å². The highest BCUT2D eigenvalue weighted by Gasteiger charge is 1.87. The van der Waals surface area contributed by atoms with E-state index in [1.54, 1.807) is 0 Å². The Kier molecular flexibility index (Phi) is 4.61. The first-order valence-electron chi connectivity index (χ1n) is 2.79. The van der Waals surface area contributed by atoms with Crippen molar-refractivity contribution in [1.29, 1.82) is 0 Å². The lowest BCUT2D eigenvalue weighted by molar-refractivity contribution is 0.326. The molecule has 0 rings (SSSR count). The molecule has 0 aliphatic rings. The quantitative estimate of drug-likeness (QED) is 0.517. The van der Waals surface area contributed by atoms with Gasteiger partial charge in [0.2, 0.25) is 0 Å². The van der Waals surface area contributed by atoms with Gasteiger partial charge in [-0.15, -0.1) is 0 Å². The van der Waals surface area contributed by atoms with E-state index in [0.717, 1.165) is 18.4 Å². The lowest BCUT2D eigenvalue weighted by atomic mass is 10.2. The van der Waals surface area contributed by atoms with Crippen LogP contribution in [0.5, 0.6) is 0 Å². The maximum Gasteiger partial charge on any atom is 0.0639 e. The standard InChI is InChI=1S/C6H13NO/c1-6(5-8)3-2-4-7/h8H,1-5,7H2. The first-order valence-corrected chi connectivity index (χ1v) is 2.79. The predicted octanol–water partition coefficient (Wildman–Crippen LogP) is 0.274. The largest absolute Gasteiger partial charge is 0.392 e. The van der Waals surface area contributed by atoms with Gasteiger partial charge in [0.1, 0.15) is 0 Å². The summed E-state index contributed by atoms with van der Waals surface area (Å²) < 4.78 is 0. The first-order chi connectivity index (χ1) is 3.81. The topological polar surface area (TPSA) is 46.2 Å². The Morgan fingerprint density at radius 1 is 1.62 bits per heavy atom. The van der Waals surface area contributed by atoms with E-state index in [9.17, 15) is 0 Å². The second-order valence-electron chi connectivity index (χ2n) is 1.80. The van der Waals surface area contributed by atoms with E-state index in [1.807, 2.05) is 0 Å². The van der Waals surface area contributed by atoms with Crippen molar-refractivity contribution in [2.75, 3.05) is 13.2 Å². The van der Waals surface area contributed by atoms with Crippen molar-refractivity contribution in [2.45, 2.75) is 12.8 Å². The Hall–Kier alpha value is -0.340.